The first-order valence-electron chi connectivity index (χ1n) is 8.54. The van der Waals surface area contributed by atoms with Gasteiger partial charge < -0.3 is 15.4 Å². The summed E-state index contributed by atoms with van der Waals surface area (Å²) >= 11 is 0. The molecule has 0 radical (unpaired) electrons. The van der Waals surface area contributed by atoms with Gasteiger partial charge in [-0.3, -0.25) is 24.5 Å². The fourth-order valence-electron chi connectivity index (χ4n) is 2.81. The van der Waals surface area contributed by atoms with Crippen LogP contribution in [0.5, 0.6) is 0 Å². The van der Waals surface area contributed by atoms with Crippen molar-refractivity contribution in [3.63, 3.8) is 0 Å². The lowest BCUT2D eigenvalue weighted by molar-refractivity contribution is -0.384. The van der Waals surface area contributed by atoms with Crippen LogP contribution in [0, 0.1) is 21.8 Å². The van der Waals surface area contributed by atoms with Crippen molar-refractivity contribution >= 4 is 29.2 Å². The summed E-state index contributed by atoms with van der Waals surface area (Å²) in [5.74, 6) is -2.76. The van der Waals surface area contributed by atoms with E-state index in [1.807, 2.05) is 0 Å². The number of amides is 2. The molecule has 0 aromatic heterocycles. The SMILES string of the molecule is O=C(COC(=O)CNC(=O)C1CCCCC1)Nc1ccc(F)cc1[N+](=O)[O-]. The standard InChI is InChI=1S/C17H20FN3O6/c18-12-6-7-13(14(8-12)21(25)26)20-15(22)10-27-16(23)9-19-17(24)11-4-2-1-3-5-11/h6-8,11H,1-5,9-10H2,(H,19,24)(H,20,22). The third kappa shape index (κ3) is 6.32. The first kappa shape index (κ1) is 20.3. The van der Waals surface area contributed by atoms with Gasteiger partial charge in [-0.25, -0.2) is 4.39 Å². The minimum atomic E-state index is -0.842. The van der Waals surface area contributed by atoms with Crippen LogP contribution in [-0.2, 0) is 19.1 Å². The molecule has 0 aliphatic heterocycles. The molecule has 2 N–H and O–H groups in total. The number of benzene rings is 1. The lowest BCUT2D eigenvalue weighted by atomic mass is 9.89. The smallest absolute Gasteiger partial charge is 0.325 e. The molecule has 1 aliphatic carbocycles. The molecule has 1 aliphatic rings. The van der Waals surface area contributed by atoms with Gasteiger partial charge in [0.15, 0.2) is 6.61 Å². The van der Waals surface area contributed by atoms with Gasteiger partial charge in [0.25, 0.3) is 11.6 Å². The summed E-state index contributed by atoms with van der Waals surface area (Å²) in [5, 5.41) is 15.5. The zero-order valence-electron chi connectivity index (χ0n) is 14.5. The molecule has 1 saturated carbocycles. The minimum Gasteiger partial charge on any atom is -0.454 e. The number of anilines is 1. The highest BCUT2D eigenvalue weighted by Gasteiger charge is 2.22. The van der Waals surface area contributed by atoms with E-state index in [9.17, 15) is 28.9 Å². The summed E-state index contributed by atoms with van der Waals surface area (Å²) in [7, 11) is 0. The van der Waals surface area contributed by atoms with Gasteiger partial charge in [-0.15, -0.1) is 0 Å². The van der Waals surface area contributed by atoms with Crippen molar-refractivity contribution in [2.24, 2.45) is 5.92 Å². The zero-order chi connectivity index (χ0) is 19.8. The van der Waals surface area contributed by atoms with Crippen LogP contribution in [0.1, 0.15) is 32.1 Å². The third-order valence-corrected chi connectivity index (χ3v) is 4.18. The van der Waals surface area contributed by atoms with Crippen LogP contribution in [0.4, 0.5) is 15.8 Å². The van der Waals surface area contributed by atoms with Gasteiger partial charge in [-0.2, -0.15) is 0 Å². The average molecular weight is 381 g/mol. The number of hydrogen-bond donors (Lipinski definition) is 2. The van der Waals surface area contributed by atoms with Crippen molar-refractivity contribution in [2.45, 2.75) is 32.1 Å². The molecule has 146 valence electrons. The van der Waals surface area contributed by atoms with Crippen molar-refractivity contribution in [3.8, 4) is 0 Å². The predicted molar refractivity (Wildman–Crippen MR) is 92.2 cm³/mol. The van der Waals surface area contributed by atoms with E-state index in [0.29, 0.717) is 6.07 Å². The van der Waals surface area contributed by atoms with E-state index in [2.05, 4.69) is 10.6 Å². The topological polar surface area (TPSA) is 128 Å². The summed E-state index contributed by atoms with van der Waals surface area (Å²) < 4.78 is 17.8. The molecule has 0 spiro atoms. The Labute approximate surface area is 154 Å². The minimum absolute atomic E-state index is 0.103. The first-order valence-corrected chi connectivity index (χ1v) is 8.54. The van der Waals surface area contributed by atoms with E-state index >= 15 is 0 Å². The fourth-order valence-corrected chi connectivity index (χ4v) is 2.81. The predicted octanol–water partition coefficient (Wildman–Crippen LogP) is 1.91. The second-order valence-corrected chi connectivity index (χ2v) is 6.18. The van der Waals surface area contributed by atoms with E-state index in [0.717, 1.165) is 44.2 Å². The molecule has 0 unspecified atom stereocenters. The Morgan fingerprint density at radius 3 is 2.59 bits per heavy atom. The van der Waals surface area contributed by atoms with Gasteiger partial charge >= 0.3 is 5.97 Å². The maximum atomic E-state index is 13.1. The second-order valence-electron chi connectivity index (χ2n) is 6.18. The van der Waals surface area contributed by atoms with Gasteiger partial charge in [-0.1, -0.05) is 19.3 Å². The Morgan fingerprint density at radius 1 is 1.22 bits per heavy atom. The van der Waals surface area contributed by atoms with Gasteiger partial charge in [-0.05, 0) is 25.0 Å². The van der Waals surface area contributed by atoms with E-state index in [-0.39, 0.29) is 24.1 Å². The number of hydrogen-bond acceptors (Lipinski definition) is 6. The van der Waals surface area contributed by atoms with E-state index in [1.165, 1.54) is 0 Å². The molecule has 27 heavy (non-hydrogen) atoms. The van der Waals surface area contributed by atoms with Crippen LogP contribution in [0.25, 0.3) is 0 Å². The fraction of sp³-hybridized carbons (Fsp3) is 0.471. The highest BCUT2D eigenvalue weighted by Crippen LogP contribution is 2.25. The lowest BCUT2D eigenvalue weighted by Gasteiger charge is -2.20. The van der Waals surface area contributed by atoms with Crippen molar-refractivity contribution in [3.05, 3.63) is 34.1 Å². The lowest BCUT2D eigenvalue weighted by Crippen LogP contribution is -2.36. The molecule has 0 saturated heterocycles. The van der Waals surface area contributed by atoms with E-state index in [4.69, 9.17) is 4.74 Å². The number of halogens is 1. The molecule has 2 amide bonds. The van der Waals surface area contributed by atoms with Crippen molar-refractivity contribution in [1.82, 2.24) is 5.32 Å². The van der Waals surface area contributed by atoms with Crippen LogP contribution in [-0.4, -0.2) is 35.9 Å². The number of nitro groups is 1. The Morgan fingerprint density at radius 2 is 1.93 bits per heavy atom. The van der Waals surface area contributed by atoms with Crippen LogP contribution in [0.3, 0.4) is 0 Å². The molecule has 2 rings (SSSR count). The Bertz CT molecular complexity index is 733. The summed E-state index contributed by atoms with van der Waals surface area (Å²) in [6.07, 6.45) is 4.66. The third-order valence-electron chi connectivity index (χ3n) is 4.18. The molecule has 0 bridgehead atoms. The van der Waals surface area contributed by atoms with Crippen LogP contribution in [0.2, 0.25) is 0 Å². The van der Waals surface area contributed by atoms with Crippen molar-refractivity contribution in [1.29, 1.82) is 0 Å². The number of carbonyl (C=O) groups is 3. The normalized spacial score (nSPS) is 14.3. The number of rotatable bonds is 7. The number of nitrogens with one attached hydrogen (secondary N) is 2. The number of ether oxygens (including phenoxy) is 1. The molecular weight excluding hydrogens is 361 g/mol. The van der Waals surface area contributed by atoms with Gasteiger partial charge in [0.2, 0.25) is 5.91 Å². The quantitative estimate of drug-likeness (QED) is 0.422. The Hall–Kier alpha value is -3.04. The highest BCUT2D eigenvalue weighted by molar-refractivity contribution is 5.95. The monoisotopic (exact) mass is 381 g/mol. The number of nitro benzene ring substituents is 1. The number of nitrogens with zero attached hydrogens (tertiary/aromatic N) is 1. The largest absolute Gasteiger partial charge is 0.454 e. The summed E-state index contributed by atoms with van der Waals surface area (Å²) in [4.78, 5) is 45.3. The maximum absolute atomic E-state index is 13.1. The Balaban J connectivity index is 1.76. The summed E-state index contributed by atoms with van der Waals surface area (Å²) in [6, 6.07) is 2.66. The number of carbonyl (C=O) groups excluding carboxylic acids is 3. The molecule has 1 aromatic carbocycles. The average Bonchev–Trinajstić information content (AvgIpc) is 2.66. The molecule has 10 heteroatoms. The molecule has 0 heterocycles. The summed E-state index contributed by atoms with van der Waals surface area (Å²) in [5.41, 5.74) is -0.831. The Kier molecular flexibility index (Phi) is 7.21. The van der Waals surface area contributed by atoms with Crippen molar-refractivity contribution in [2.75, 3.05) is 18.5 Å². The molecule has 9 nitrogen and oxygen atoms in total. The first-order chi connectivity index (χ1) is 12.9. The van der Waals surface area contributed by atoms with Crippen LogP contribution < -0.4 is 10.6 Å². The molecular formula is C17H20FN3O6. The molecule has 0 atom stereocenters. The molecule has 1 aromatic rings. The van der Waals surface area contributed by atoms with Gasteiger partial charge in [0, 0.05) is 5.92 Å². The second kappa shape index (κ2) is 9.60. The van der Waals surface area contributed by atoms with Gasteiger partial charge in [0.1, 0.15) is 18.0 Å². The van der Waals surface area contributed by atoms with Crippen LogP contribution in [0.15, 0.2) is 18.2 Å². The zero-order valence-corrected chi connectivity index (χ0v) is 14.5. The van der Waals surface area contributed by atoms with E-state index in [1.54, 1.807) is 0 Å². The van der Waals surface area contributed by atoms with Gasteiger partial charge in [0.05, 0.1) is 11.0 Å². The number of esters is 1. The van der Waals surface area contributed by atoms with E-state index < -0.39 is 34.9 Å². The highest BCUT2D eigenvalue weighted by atomic mass is 19.1. The van der Waals surface area contributed by atoms with Crippen molar-refractivity contribution < 1.29 is 28.4 Å². The summed E-state index contributed by atoms with van der Waals surface area (Å²) in [6.45, 7) is -1.05. The molecule has 1 fully saturated rings. The maximum Gasteiger partial charge on any atom is 0.325 e. The van der Waals surface area contributed by atoms with Crippen LogP contribution >= 0.6 is 0 Å².